The summed E-state index contributed by atoms with van der Waals surface area (Å²) in [5, 5.41) is 10.3. The SMILES string of the molecule is CC(C)(C)c1cc(OCCCS(=O)(=O)[O-])c(C(C)(C)C)cc1O.[Na+]. The van der Waals surface area contributed by atoms with E-state index in [9.17, 15) is 18.1 Å². The molecule has 0 saturated heterocycles. The summed E-state index contributed by atoms with van der Waals surface area (Å²) < 4.78 is 37.7. The first kappa shape index (κ1) is 23.7. The summed E-state index contributed by atoms with van der Waals surface area (Å²) in [6, 6.07) is 3.52. The molecule has 0 aliphatic rings. The second kappa shape index (κ2) is 8.41. The Hall–Kier alpha value is -0.270. The van der Waals surface area contributed by atoms with Crippen LogP contribution in [-0.4, -0.2) is 30.4 Å². The molecule has 0 unspecified atom stereocenters. The van der Waals surface area contributed by atoms with Gasteiger partial charge in [0, 0.05) is 16.9 Å². The number of aromatic hydroxyl groups is 1. The first-order chi connectivity index (χ1) is 10.2. The Morgan fingerprint density at radius 3 is 1.96 bits per heavy atom. The van der Waals surface area contributed by atoms with Crippen LogP contribution >= 0.6 is 0 Å². The number of phenols is 1. The van der Waals surface area contributed by atoms with Crippen molar-refractivity contribution in [3.8, 4) is 11.5 Å². The van der Waals surface area contributed by atoms with Gasteiger partial charge in [-0.25, -0.2) is 8.42 Å². The summed E-state index contributed by atoms with van der Waals surface area (Å²) in [4.78, 5) is 0. The maximum absolute atomic E-state index is 10.7. The summed E-state index contributed by atoms with van der Waals surface area (Å²) in [5.74, 6) is 0.391. The van der Waals surface area contributed by atoms with Gasteiger partial charge in [-0.1, -0.05) is 41.5 Å². The van der Waals surface area contributed by atoms with Crippen molar-refractivity contribution in [3.05, 3.63) is 23.3 Å². The van der Waals surface area contributed by atoms with Crippen LogP contribution in [0.4, 0.5) is 0 Å². The van der Waals surface area contributed by atoms with E-state index in [0.717, 1.165) is 11.1 Å². The molecule has 0 heterocycles. The molecule has 0 aliphatic heterocycles. The molecule has 0 radical (unpaired) electrons. The fourth-order valence-electron chi connectivity index (χ4n) is 2.29. The van der Waals surface area contributed by atoms with Crippen LogP contribution in [-0.2, 0) is 20.9 Å². The van der Waals surface area contributed by atoms with Gasteiger partial charge in [0.1, 0.15) is 11.5 Å². The van der Waals surface area contributed by atoms with Crippen LogP contribution < -0.4 is 34.3 Å². The van der Waals surface area contributed by atoms with E-state index in [1.165, 1.54) is 0 Å². The number of benzene rings is 1. The molecule has 0 atom stereocenters. The Kier molecular flexibility index (Phi) is 8.31. The van der Waals surface area contributed by atoms with Gasteiger partial charge in [-0.3, -0.25) is 0 Å². The third kappa shape index (κ3) is 7.31. The molecule has 0 aliphatic carbocycles. The minimum absolute atomic E-state index is 0. The Balaban J connectivity index is 0.00000529. The van der Waals surface area contributed by atoms with Crippen LogP contribution in [0.1, 0.15) is 59.1 Å². The van der Waals surface area contributed by atoms with Crippen LogP contribution in [0.2, 0.25) is 0 Å². The van der Waals surface area contributed by atoms with E-state index >= 15 is 0 Å². The average molecular weight is 366 g/mol. The van der Waals surface area contributed by atoms with Crippen molar-refractivity contribution in [2.45, 2.75) is 58.8 Å². The molecule has 0 saturated carbocycles. The number of hydrogen-bond donors (Lipinski definition) is 1. The van der Waals surface area contributed by atoms with Crippen molar-refractivity contribution in [2.24, 2.45) is 0 Å². The molecule has 1 N–H and O–H groups in total. The third-order valence-corrected chi connectivity index (χ3v) is 4.30. The van der Waals surface area contributed by atoms with Gasteiger partial charge in [-0.2, -0.15) is 0 Å². The standard InChI is InChI=1S/C17H28O5S.Na/c1-16(2,3)12-11-15(22-8-7-9-23(19,20)21)13(10-14(12)18)17(4,5)6;/h10-11,18H,7-9H2,1-6H3,(H,19,20,21);/q;+1/p-1. The quantitative estimate of drug-likeness (QED) is 0.460. The molecular weight excluding hydrogens is 339 g/mol. The van der Waals surface area contributed by atoms with E-state index in [-0.39, 0.29) is 59.2 Å². The largest absolute Gasteiger partial charge is 1.00 e. The summed E-state index contributed by atoms with van der Waals surface area (Å²) >= 11 is 0. The topological polar surface area (TPSA) is 86.7 Å². The van der Waals surface area contributed by atoms with E-state index in [2.05, 4.69) is 0 Å². The molecule has 0 spiro atoms. The van der Waals surface area contributed by atoms with E-state index in [1.807, 2.05) is 47.6 Å². The van der Waals surface area contributed by atoms with Gasteiger partial charge in [-0.05, 0) is 29.4 Å². The summed E-state index contributed by atoms with van der Waals surface area (Å²) in [7, 11) is -4.23. The number of rotatable bonds is 5. The average Bonchev–Trinajstić information content (AvgIpc) is 2.31. The van der Waals surface area contributed by atoms with Gasteiger partial charge >= 0.3 is 29.6 Å². The fraction of sp³-hybridized carbons (Fsp3) is 0.647. The summed E-state index contributed by atoms with van der Waals surface area (Å²) in [6.07, 6.45) is 0.140. The second-order valence-corrected chi connectivity index (χ2v) is 9.35. The maximum atomic E-state index is 10.7. The van der Waals surface area contributed by atoms with E-state index in [4.69, 9.17) is 4.74 Å². The van der Waals surface area contributed by atoms with Crippen molar-refractivity contribution < 1.29 is 52.4 Å². The molecule has 0 fully saturated rings. The molecular formula is C17H27NaO5S. The zero-order valence-electron chi connectivity index (χ0n) is 15.8. The minimum Gasteiger partial charge on any atom is -0.748 e. The van der Waals surface area contributed by atoms with Gasteiger partial charge in [0.25, 0.3) is 0 Å². The van der Waals surface area contributed by atoms with Crippen LogP contribution in [0.3, 0.4) is 0 Å². The van der Waals surface area contributed by atoms with Crippen LogP contribution in [0.25, 0.3) is 0 Å². The van der Waals surface area contributed by atoms with Crippen LogP contribution in [0, 0.1) is 0 Å². The Labute approximate surface area is 167 Å². The maximum Gasteiger partial charge on any atom is 1.00 e. The first-order valence-corrected chi connectivity index (χ1v) is 9.24. The number of ether oxygens (including phenoxy) is 1. The molecule has 5 nitrogen and oxygen atoms in total. The zero-order valence-corrected chi connectivity index (χ0v) is 18.6. The fourth-order valence-corrected chi connectivity index (χ4v) is 2.76. The predicted molar refractivity (Wildman–Crippen MR) is 90.2 cm³/mol. The van der Waals surface area contributed by atoms with Gasteiger partial charge in [0.15, 0.2) is 0 Å². The molecule has 1 rings (SSSR count). The summed E-state index contributed by atoms with van der Waals surface area (Å²) in [6.45, 7) is 12.1. The smallest absolute Gasteiger partial charge is 0.748 e. The Bertz CT molecular complexity index is 655. The zero-order chi connectivity index (χ0) is 18.1. The molecule has 0 amide bonds. The Morgan fingerprint density at radius 1 is 1.04 bits per heavy atom. The first-order valence-electron chi connectivity index (χ1n) is 7.66. The van der Waals surface area contributed by atoms with Crippen molar-refractivity contribution in [1.29, 1.82) is 0 Å². The van der Waals surface area contributed by atoms with E-state index in [0.29, 0.717) is 5.75 Å². The molecule has 1 aromatic carbocycles. The van der Waals surface area contributed by atoms with Crippen molar-refractivity contribution in [2.75, 3.05) is 12.4 Å². The van der Waals surface area contributed by atoms with Gasteiger partial charge in [0.2, 0.25) is 0 Å². The molecule has 0 aromatic heterocycles. The predicted octanol–water partition coefficient (Wildman–Crippen LogP) is 0.305. The minimum atomic E-state index is -4.23. The van der Waals surface area contributed by atoms with E-state index < -0.39 is 15.9 Å². The normalized spacial score (nSPS) is 12.6. The molecule has 0 bridgehead atoms. The second-order valence-electron chi connectivity index (χ2n) is 7.83. The van der Waals surface area contributed by atoms with Gasteiger partial charge in [-0.15, -0.1) is 0 Å². The van der Waals surface area contributed by atoms with Crippen molar-refractivity contribution in [3.63, 3.8) is 0 Å². The third-order valence-electron chi connectivity index (χ3n) is 3.51. The number of hydrogen-bond acceptors (Lipinski definition) is 5. The van der Waals surface area contributed by atoms with Crippen LogP contribution in [0.5, 0.6) is 11.5 Å². The van der Waals surface area contributed by atoms with Gasteiger partial charge < -0.3 is 14.4 Å². The molecule has 24 heavy (non-hydrogen) atoms. The van der Waals surface area contributed by atoms with Gasteiger partial charge in [0.05, 0.1) is 16.7 Å². The monoisotopic (exact) mass is 366 g/mol. The van der Waals surface area contributed by atoms with Crippen LogP contribution in [0.15, 0.2) is 12.1 Å². The van der Waals surface area contributed by atoms with Crippen molar-refractivity contribution in [1.82, 2.24) is 0 Å². The number of phenolic OH excluding ortho intramolecular Hbond substituents is 1. The molecule has 1 aromatic rings. The van der Waals surface area contributed by atoms with E-state index in [1.54, 1.807) is 6.07 Å². The van der Waals surface area contributed by atoms with Crippen molar-refractivity contribution >= 4 is 10.1 Å². The Morgan fingerprint density at radius 2 is 1.54 bits per heavy atom. The molecule has 7 heteroatoms. The molecule has 132 valence electrons. The summed E-state index contributed by atoms with van der Waals surface area (Å²) in [5.41, 5.74) is 1.11.